The van der Waals surface area contributed by atoms with E-state index in [1.54, 1.807) is 54.7 Å². The van der Waals surface area contributed by atoms with E-state index in [0.717, 1.165) is 0 Å². The molecule has 0 bridgehead atoms. The van der Waals surface area contributed by atoms with Crippen LogP contribution in [-0.4, -0.2) is 22.0 Å². The fourth-order valence-corrected chi connectivity index (χ4v) is 3.04. The van der Waals surface area contributed by atoms with Gasteiger partial charge in [0.2, 0.25) is 5.89 Å². The maximum absolute atomic E-state index is 12.7. The van der Waals surface area contributed by atoms with Crippen molar-refractivity contribution in [2.75, 3.05) is 5.32 Å². The largest absolute Gasteiger partial charge is 0.491 e. The quantitative estimate of drug-likeness (QED) is 0.467. The Morgan fingerprint density at radius 2 is 2.00 bits per heavy atom. The number of fused-ring (bicyclic) bond motifs is 1. The van der Waals surface area contributed by atoms with Gasteiger partial charge >= 0.3 is 0 Å². The maximum Gasteiger partial charge on any atom is 0.255 e. The summed E-state index contributed by atoms with van der Waals surface area (Å²) in [5.41, 5.74) is 2.69. The van der Waals surface area contributed by atoms with Gasteiger partial charge < -0.3 is 14.5 Å². The average Bonchev–Trinajstić information content (AvgIpc) is 3.13. The second-order valence-electron chi connectivity index (χ2n) is 6.69. The van der Waals surface area contributed by atoms with E-state index in [2.05, 4.69) is 15.3 Å². The molecule has 0 aliphatic rings. The van der Waals surface area contributed by atoms with Crippen molar-refractivity contribution in [3.05, 3.63) is 71.4 Å². The van der Waals surface area contributed by atoms with Gasteiger partial charge in [0.25, 0.3) is 5.91 Å². The maximum atomic E-state index is 12.7. The van der Waals surface area contributed by atoms with Crippen LogP contribution >= 0.6 is 11.6 Å². The lowest BCUT2D eigenvalue weighted by Crippen LogP contribution is -2.12. The molecule has 0 radical (unpaired) electrons. The highest BCUT2D eigenvalue weighted by molar-refractivity contribution is 6.33. The Balaban J connectivity index is 1.60. The molecule has 2 aromatic carbocycles. The normalized spacial score (nSPS) is 11.0. The lowest BCUT2D eigenvalue weighted by atomic mass is 10.1. The molecule has 4 rings (SSSR count). The van der Waals surface area contributed by atoms with Crippen molar-refractivity contribution in [3.63, 3.8) is 0 Å². The predicted octanol–water partition coefficient (Wildman–Crippen LogP) is 5.58. The fourth-order valence-electron chi connectivity index (χ4n) is 2.84. The number of rotatable bonds is 5. The lowest BCUT2D eigenvalue weighted by Gasteiger charge is -2.11. The van der Waals surface area contributed by atoms with Gasteiger partial charge in [-0.3, -0.25) is 4.79 Å². The summed E-state index contributed by atoms with van der Waals surface area (Å²) in [4.78, 5) is 21.2. The first kappa shape index (κ1) is 19.0. The number of ether oxygens (including phenoxy) is 1. The molecule has 4 aromatic rings. The molecule has 0 fully saturated rings. The Labute approximate surface area is 172 Å². The van der Waals surface area contributed by atoms with Crippen molar-refractivity contribution in [1.29, 1.82) is 0 Å². The van der Waals surface area contributed by atoms with Gasteiger partial charge in [0.1, 0.15) is 5.75 Å². The zero-order valence-electron chi connectivity index (χ0n) is 15.8. The molecule has 0 spiro atoms. The highest BCUT2D eigenvalue weighted by Crippen LogP contribution is 2.32. The summed E-state index contributed by atoms with van der Waals surface area (Å²) < 4.78 is 11.4. The first-order valence-electron chi connectivity index (χ1n) is 9.09. The van der Waals surface area contributed by atoms with Crippen LogP contribution < -0.4 is 10.1 Å². The molecule has 0 aliphatic heterocycles. The van der Waals surface area contributed by atoms with Crippen LogP contribution in [-0.2, 0) is 0 Å². The van der Waals surface area contributed by atoms with E-state index in [4.69, 9.17) is 20.8 Å². The lowest BCUT2D eigenvalue weighted by molar-refractivity contribution is 0.102. The van der Waals surface area contributed by atoms with E-state index in [1.807, 2.05) is 19.9 Å². The summed E-state index contributed by atoms with van der Waals surface area (Å²) in [6.07, 6.45) is 1.67. The van der Waals surface area contributed by atoms with E-state index >= 15 is 0 Å². The Bertz CT molecular complexity index is 1150. The number of pyridine rings is 1. The minimum Gasteiger partial charge on any atom is -0.491 e. The number of benzene rings is 2. The van der Waals surface area contributed by atoms with Crippen molar-refractivity contribution >= 4 is 34.4 Å². The van der Waals surface area contributed by atoms with Crippen molar-refractivity contribution in [2.45, 2.75) is 20.0 Å². The molecular formula is C22H18ClN3O3. The number of oxazole rings is 1. The number of anilines is 1. The van der Waals surface area contributed by atoms with Crippen molar-refractivity contribution in [2.24, 2.45) is 0 Å². The van der Waals surface area contributed by atoms with Gasteiger partial charge in [0.05, 0.1) is 16.7 Å². The Morgan fingerprint density at radius 1 is 1.14 bits per heavy atom. The molecule has 0 saturated carbocycles. The van der Waals surface area contributed by atoms with Crippen molar-refractivity contribution in [3.8, 4) is 17.2 Å². The van der Waals surface area contributed by atoms with Crippen LogP contribution in [0.15, 0.2) is 65.2 Å². The number of hydrogen-bond acceptors (Lipinski definition) is 5. The number of carbonyl (C=O) groups is 1. The number of amides is 1. The zero-order chi connectivity index (χ0) is 20.4. The van der Waals surface area contributed by atoms with Crippen LogP contribution in [0.4, 0.5) is 5.69 Å². The average molecular weight is 408 g/mol. The van der Waals surface area contributed by atoms with Crippen LogP contribution in [0.2, 0.25) is 5.02 Å². The Kier molecular flexibility index (Phi) is 5.18. The third-order valence-corrected chi connectivity index (χ3v) is 4.42. The number of aromatic nitrogens is 2. The molecule has 7 heteroatoms. The molecule has 2 aromatic heterocycles. The number of nitrogens with one attached hydrogen (secondary N) is 1. The zero-order valence-corrected chi connectivity index (χ0v) is 16.6. The van der Waals surface area contributed by atoms with Gasteiger partial charge in [-0.2, -0.15) is 4.98 Å². The topological polar surface area (TPSA) is 77.2 Å². The minimum absolute atomic E-state index is 0.0259. The highest BCUT2D eigenvalue weighted by atomic mass is 35.5. The second kappa shape index (κ2) is 7.93. The standard InChI is InChI=1S/C22H18ClN3O3/c1-13(2)28-16-6-3-5-14(11-16)21(27)25-15-8-9-18(23)17(12-15)22-26-20-19(29-22)7-4-10-24-20/h3-13H,1-2H3,(H,25,27). The summed E-state index contributed by atoms with van der Waals surface area (Å²) in [6, 6.07) is 15.7. The van der Waals surface area contributed by atoms with E-state index in [-0.39, 0.29) is 12.0 Å². The van der Waals surface area contributed by atoms with Gasteiger partial charge in [0.15, 0.2) is 11.2 Å². The van der Waals surface area contributed by atoms with Crippen LogP contribution in [0.5, 0.6) is 5.75 Å². The summed E-state index contributed by atoms with van der Waals surface area (Å²) >= 11 is 6.33. The predicted molar refractivity (Wildman–Crippen MR) is 112 cm³/mol. The molecule has 0 atom stereocenters. The number of hydrogen-bond donors (Lipinski definition) is 1. The third-order valence-electron chi connectivity index (χ3n) is 4.09. The first-order valence-corrected chi connectivity index (χ1v) is 9.47. The van der Waals surface area contributed by atoms with E-state index in [0.29, 0.717) is 44.7 Å². The van der Waals surface area contributed by atoms with Crippen molar-refractivity contribution < 1.29 is 13.9 Å². The van der Waals surface area contributed by atoms with Crippen LogP contribution in [0.3, 0.4) is 0 Å². The number of nitrogens with zero attached hydrogens (tertiary/aromatic N) is 2. The smallest absolute Gasteiger partial charge is 0.255 e. The molecule has 0 aliphatic carbocycles. The molecule has 1 amide bonds. The van der Waals surface area contributed by atoms with Gasteiger partial charge in [-0.1, -0.05) is 17.7 Å². The summed E-state index contributed by atoms with van der Waals surface area (Å²) in [5.74, 6) is 0.724. The molecular weight excluding hydrogens is 390 g/mol. The van der Waals surface area contributed by atoms with Crippen LogP contribution in [0.25, 0.3) is 22.7 Å². The SMILES string of the molecule is CC(C)Oc1cccc(C(=O)Nc2ccc(Cl)c(-c3nc4ncccc4o3)c2)c1. The third kappa shape index (κ3) is 4.22. The monoisotopic (exact) mass is 407 g/mol. The molecule has 1 N–H and O–H groups in total. The highest BCUT2D eigenvalue weighted by Gasteiger charge is 2.15. The second-order valence-corrected chi connectivity index (χ2v) is 7.09. The molecule has 0 unspecified atom stereocenters. The first-order chi connectivity index (χ1) is 14.0. The van der Waals surface area contributed by atoms with E-state index in [9.17, 15) is 4.79 Å². The van der Waals surface area contributed by atoms with Gasteiger partial charge in [-0.05, 0) is 62.4 Å². The van der Waals surface area contributed by atoms with Crippen LogP contribution in [0, 0.1) is 0 Å². The van der Waals surface area contributed by atoms with Gasteiger partial charge in [-0.25, -0.2) is 4.98 Å². The molecule has 146 valence electrons. The minimum atomic E-state index is -0.258. The summed E-state index contributed by atoms with van der Waals surface area (Å²) in [6.45, 7) is 3.87. The molecule has 2 heterocycles. The van der Waals surface area contributed by atoms with E-state index < -0.39 is 0 Å². The fraction of sp³-hybridized carbons (Fsp3) is 0.136. The molecule has 29 heavy (non-hydrogen) atoms. The number of carbonyl (C=O) groups excluding carboxylic acids is 1. The summed E-state index contributed by atoms with van der Waals surface area (Å²) in [7, 11) is 0. The Morgan fingerprint density at radius 3 is 2.79 bits per heavy atom. The van der Waals surface area contributed by atoms with Crippen molar-refractivity contribution in [1.82, 2.24) is 9.97 Å². The molecule has 0 saturated heterocycles. The van der Waals surface area contributed by atoms with Gasteiger partial charge in [0, 0.05) is 17.4 Å². The Hall–Kier alpha value is -3.38. The number of halogens is 1. The van der Waals surface area contributed by atoms with Gasteiger partial charge in [-0.15, -0.1) is 0 Å². The molecule has 6 nitrogen and oxygen atoms in total. The van der Waals surface area contributed by atoms with Crippen LogP contribution in [0.1, 0.15) is 24.2 Å². The van der Waals surface area contributed by atoms with E-state index in [1.165, 1.54) is 0 Å². The summed E-state index contributed by atoms with van der Waals surface area (Å²) in [5, 5.41) is 3.33.